The van der Waals surface area contributed by atoms with Crippen molar-refractivity contribution < 1.29 is 14.3 Å². The molecule has 0 spiro atoms. The third-order valence-electron chi connectivity index (χ3n) is 4.93. The van der Waals surface area contributed by atoms with Crippen LogP contribution in [0.15, 0.2) is 35.7 Å². The summed E-state index contributed by atoms with van der Waals surface area (Å²) in [5, 5.41) is 6.00. The van der Waals surface area contributed by atoms with Crippen LogP contribution in [0, 0.1) is 13.8 Å². The standard InChI is InChI=1S/C21H23N3O3S/c1-13-17(21(25)23-20-5-4-10-27-20)11-19(18-12-28-14(2)22-18)24(13)15-6-8-16(26-3)9-7-15/h6-9,11-12,20H,4-5,10H2,1-3H3,(H,23,25). The number of aryl methyl sites for hydroxylation is 1. The van der Waals surface area contributed by atoms with E-state index in [1.165, 1.54) is 0 Å². The van der Waals surface area contributed by atoms with E-state index in [0.29, 0.717) is 12.2 Å². The summed E-state index contributed by atoms with van der Waals surface area (Å²) >= 11 is 1.59. The van der Waals surface area contributed by atoms with Gasteiger partial charge in [0, 0.05) is 23.4 Å². The molecule has 0 radical (unpaired) electrons. The van der Waals surface area contributed by atoms with Crippen LogP contribution in [0.1, 0.15) is 33.9 Å². The van der Waals surface area contributed by atoms with Gasteiger partial charge in [0.05, 0.1) is 29.1 Å². The molecule has 1 N–H and O–H groups in total. The highest BCUT2D eigenvalue weighted by Crippen LogP contribution is 2.31. The number of hydrogen-bond donors (Lipinski definition) is 1. The quantitative estimate of drug-likeness (QED) is 0.704. The molecule has 4 rings (SSSR count). The Morgan fingerprint density at radius 1 is 1.32 bits per heavy atom. The van der Waals surface area contributed by atoms with Gasteiger partial charge in [-0.05, 0) is 57.0 Å². The number of thiazole rings is 1. The Labute approximate surface area is 168 Å². The van der Waals surface area contributed by atoms with Gasteiger partial charge in [-0.3, -0.25) is 4.79 Å². The number of nitrogens with one attached hydrogen (secondary N) is 1. The van der Waals surface area contributed by atoms with E-state index in [9.17, 15) is 4.79 Å². The van der Waals surface area contributed by atoms with Gasteiger partial charge in [-0.25, -0.2) is 4.98 Å². The zero-order valence-electron chi connectivity index (χ0n) is 16.2. The molecule has 7 heteroatoms. The maximum atomic E-state index is 12.9. The molecule has 1 unspecified atom stereocenters. The minimum atomic E-state index is -0.207. The van der Waals surface area contributed by atoms with Crippen molar-refractivity contribution in [1.29, 1.82) is 0 Å². The highest BCUT2D eigenvalue weighted by molar-refractivity contribution is 7.09. The molecule has 0 saturated carbocycles. The molecular formula is C21H23N3O3S. The molecule has 1 amide bonds. The van der Waals surface area contributed by atoms with Crippen molar-refractivity contribution in [2.24, 2.45) is 0 Å². The third-order valence-corrected chi connectivity index (χ3v) is 5.70. The van der Waals surface area contributed by atoms with Crippen LogP contribution in [-0.4, -0.2) is 35.4 Å². The van der Waals surface area contributed by atoms with Gasteiger partial charge in [0.15, 0.2) is 0 Å². The van der Waals surface area contributed by atoms with Crippen LogP contribution in [0.5, 0.6) is 5.75 Å². The molecule has 1 aromatic carbocycles. The van der Waals surface area contributed by atoms with Gasteiger partial charge in [-0.15, -0.1) is 11.3 Å². The molecule has 0 aliphatic carbocycles. The molecule has 0 bridgehead atoms. The van der Waals surface area contributed by atoms with E-state index in [1.54, 1.807) is 18.4 Å². The van der Waals surface area contributed by atoms with Crippen LogP contribution < -0.4 is 10.1 Å². The number of hydrogen-bond acceptors (Lipinski definition) is 5. The fourth-order valence-electron chi connectivity index (χ4n) is 3.49. The predicted octanol–water partition coefficient (Wildman–Crippen LogP) is 4.09. The number of amides is 1. The van der Waals surface area contributed by atoms with E-state index >= 15 is 0 Å². The van der Waals surface area contributed by atoms with Gasteiger partial charge < -0.3 is 19.4 Å². The number of benzene rings is 1. The van der Waals surface area contributed by atoms with Crippen LogP contribution in [0.25, 0.3) is 17.1 Å². The van der Waals surface area contributed by atoms with Crippen molar-refractivity contribution in [3.63, 3.8) is 0 Å². The summed E-state index contributed by atoms with van der Waals surface area (Å²) in [6.07, 6.45) is 1.61. The summed E-state index contributed by atoms with van der Waals surface area (Å²) in [7, 11) is 1.65. The second kappa shape index (κ2) is 7.77. The maximum Gasteiger partial charge on any atom is 0.255 e. The molecule has 1 atom stereocenters. The molecular weight excluding hydrogens is 374 g/mol. The molecule has 3 heterocycles. The van der Waals surface area contributed by atoms with Crippen molar-refractivity contribution >= 4 is 17.2 Å². The lowest BCUT2D eigenvalue weighted by Crippen LogP contribution is -2.34. The van der Waals surface area contributed by atoms with Crippen molar-refractivity contribution in [3.05, 3.63) is 52.0 Å². The zero-order chi connectivity index (χ0) is 19.7. The Hall–Kier alpha value is -2.64. The summed E-state index contributed by atoms with van der Waals surface area (Å²) in [5.41, 5.74) is 4.20. The van der Waals surface area contributed by atoms with E-state index in [1.807, 2.05) is 49.6 Å². The van der Waals surface area contributed by atoms with Crippen molar-refractivity contribution in [1.82, 2.24) is 14.9 Å². The van der Waals surface area contributed by atoms with Gasteiger partial charge in [-0.1, -0.05) is 0 Å². The van der Waals surface area contributed by atoms with Gasteiger partial charge >= 0.3 is 0 Å². The van der Waals surface area contributed by atoms with E-state index in [-0.39, 0.29) is 12.1 Å². The summed E-state index contributed by atoms with van der Waals surface area (Å²) in [6, 6.07) is 9.71. The number of aromatic nitrogens is 2. The van der Waals surface area contributed by atoms with E-state index in [0.717, 1.165) is 46.4 Å². The number of rotatable bonds is 5. The topological polar surface area (TPSA) is 65.4 Å². The summed E-state index contributed by atoms with van der Waals surface area (Å²) in [6.45, 7) is 4.63. The second-order valence-electron chi connectivity index (χ2n) is 6.79. The van der Waals surface area contributed by atoms with Gasteiger partial charge in [0.1, 0.15) is 12.0 Å². The minimum Gasteiger partial charge on any atom is -0.497 e. The average Bonchev–Trinajstić information content (AvgIpc) is 3.42. The predicted molar refractivity (Wildman–Crippen MR) is 109 cm³/mol. The lowest BCUT2D eigenvalue weighted by Gasteiger charge is -2.13. The number of carbonyl (C=O) groups is 1. The van der Waals surface area contributed by atoms with Gasteiger partial charge in [0.25, 0.3) is 5.91 Å². The molecule has 3 aromatic rings. The minimum absolute atomic E-state index is 0.120. The number of nitrogens with zero attached hydrogens (tertiary/aromatic N) is 2. The van der Waals surface area contributed by atoms with Crippen LogP contribution in [0.2, 0.25) is 0 Å². The highest BCUT2D eigenvalue weighted by atomic mass is 32.1. The van der Waals surface area contributed by atoms with E-state index in [4.69, 9.17) is 9.47 Å². The molecule has 1 aliphatic heterocycles. The number of methoxy groups -OCH3 is 1. The second-order valence-corrected chi connectivity index (χ2v) is 7.85. The highest BCUT2D eigenvalue weighted by Gasteiger charge is 2.24. The summed E-state index contributed by atoms with van der Waals surface area (Å²) < 4.78 is 12.9. The Morgan fingerprint density at radius 3 is 2.71 bits per heavy atom. The lowest BCUT2D eigenvalue weighted by atomic mass is 10.2. The molecule has 1 aliphatic rings. The van der Waals surface area contributed by atoms with Crippen molar-refractivity contribution in [2.45, 2.75) is 32.9 Å². The molecule has 146 valence electrons. The first-order valence-electron chi connectivity index (χ1n) is 9.28. The van der Waals surface area contributed by atoms with E-state index < -0.39 is 0 Å². The largest absolute Gasteiger partial charge is 0.497 e. The third kappa shape index (κ3) is 3.55. The fraction of sp³-hybridized carbons (Fsp3) is 0.333. The Balaban J connectivity index is 1.77. The van der Waals surface area contributed by atoms with Crippen LogP contribution in [-0.2, 0) is 4.74 Å². The van der Waals surface area contributed by atoms with Gasteiger partial charge in [0.2, 0.25) is 0 Å². The SMILES string of the molecule is COc1ccc(-n2c(-c3csc(C)n3)cc(C(=O)NC3CCCO3)c2C)cc1. The van der Waals surface area contributed by atoms with Crippen LogP contribution in [0.4, 0.5) is 0 Å². The molecule has 1 fully saturated rings. The lowest BCUT2D eigenvalue weighted by molar-refractivity contribution is 0.0639. The first kappa shape index (κ1) is 18.7. The van der Waals surface area contributed by atoms with Crippen molar-refractivity contribution in [3.8, 4) is 22.8 Å². The monoisotopic (exact) mass is 397 g/mol. The summed E-state index contributed by atoms with van der Waals surface area (Å²) in [4.78, 5) is 17.5. The maximum absolute atomic E-state index is 12.9. The Kier molecular flexibility index (Phi) is 5.19. The molecule has 28 heavy (non-hydrogen) atoms. The normalized spacial score (nSPS) is 16.3. The van der Waals surface area contributed by atoms with Crippen LogP contribution in [0.3, 0.4) is 0 Å². The molecule has 2 aromatic heterocycles. The average molecular weight is 398 g/mol. The first-order chi connectivity index (χ1) is 13.6. The zero-order valence-corrected chi connectivity index (χ0v) is 17.0. The fourth-order valence-corrected chi connectivity index (χ4v) is 4.09. The molecule has 6 nitrogen and oxygen atoms in total. The molecule has 1 saturated heterocycles. The Morgan fingerprint density at radius 2 is 2.11 bits per heavy atom. The van der Waals surface area contributed by atoms with Gasteiger partial charge in [-0.2, -0.15) is 0 Å². The summed E-state index contributed by atoms with van der Waals surface area (Å²) in [5.74, 6) is 0.667. The number of ether oxygens (including phenoxy) is 2. The van der Waals surface area contributed by atoms with Crippen LogP contribution >= 0.6 is 11.3 Å². The number of carbonyl (C=O) groups excluding carboxylic acids is 1. The van der Waals surface area contributed by atoms with Crippen molar-refractivity contribution in [2.75, 3.05) is 13.7 Å². The van der Waals surface area contributed by atoms with E-state index in [2.05, 4.69) is 14.9 Å². The smallest absolute Gasteiger partial charge is 0.255 e. The Bertz CT molecular complexity index is 985. The first-order valence-corrected chi connectivity index (χ1v) is 10.2.